The quantitative estimate of drug-likeness (QED) is 0.774. The Hall–Kier alpha value is -0.0800. The highest BCUT2D eigenvalue weighted by Crippen LogP contribution is 2.40. The summed E-state index contributed by atoms with van der Waals surface area (Å²) < 4.78 is 6.33. The van der Waals surface area contributed by atoms with Crippen LogP contribution in [0.25, 0.3) is 0 Å². The summed E-state index contributed by atoms with van der Waals surface area (Å²) in [6.45, 7) is 14.7. The molecule has 0 spiro atoms. The lowest BCUT2D eigenvalue weighted by atomic mass is 9.71. The molecular formula is C16H33NO. The molecule has 0 aliphatic heterocycles. The Morgan fingerprint density at radius 1 is 1.28 bits per heavy atom. The topological polar surface area (TPSA) is 21.3 Å². The Morgan fingerprint density at radius 3 is 2.44 bits per heavy atom. The smallest absolute Gasteiger partial charge is 0.0700 e. The molecule has 0 bridgehead atoms. The Bertz CT molecular complexity index is 237. The van der Waals surface area contributed by atoms with Gasteiger partial charge in [0, 0.05) is 12.6 Å². The molecule has 2 nitrogen and oxygen atoms in total. The maximum Gasteiger partial charge on any atom is 0.0700 e. The average Bonchev–Trinajstić information content (AvgIpc) is 2.20. The zero-order valence-electron chi connectivity index (χ0n) is 13.3. The van der Waals surface area contributed by atoms with Gasteiger partial charge in [0.1, 0.15) is 0 Å². The number of rotatable bonds is 6. The fraction of sp³-hybridized carbons (Fsp3) is 1.00. The van der Waals surface area contributed by atoms with E-state index in [1.165, 1.54) is 19.3 Å². The van der Waals surface area contributed by atoms with Gasteiger partial charge < -0.3 is 10.1 Å². The van der Waals surface area contributed by atoms with E-state index in [9.17, 15) is 0 Å². The van der Waals surface area contributed by atoms with Crippen molar-refractivity contribution in [3.05, 3.63) is 0 Å². The van der Waals surface area contributed by atoms with Crippen molar-refractivity contribution in [3.8, 4) is 0 Å². The summed E-state index contributed by atoms with van der Waals surface area (Å²) in [5.74, 6) is 0.800. The predicted molar refractivity (Wildman–Crippen MR) is 78.9 cm³/mol. The molecule has 1 N–H and O–H groups in total. The van der Waals surface area contributed by atoms with Gasteiger partial charge in [-0.25, -0.2) is 0 Å². The first-order chi connectivity index (χ1) is 8.32. The minimum atomic E-state index is 0.374. The van der Waals surface area contributed by atoms with Crippen LogP contribution in [-0.2, 0) is 4.74 Å². The Morgan fingerprint density at radius 2 is 1.94 bits per heavy atom. The van der Waals surface area contributed by atoms with Gasteiger partial charge >= 0.3 is 0 Å². The molecule has 1 rings (SSSR count). The minimum absolute atomic E-state index is 0.374. The fourth-order valence-corrected chi connectivity index (χ4v) is 3.29. The lowest BCUT2D eigenvalue weighted by Gasteiger charge is -2.40. The van der Waals surface area contributed by atoms with E-state index in [4.69, 9.17) is 4.74 Å². The minimum Gasteiger partial charge on any atom is -0.374 e. The second-order valence-electron chi connectivity index (χ2n) is 7.26. The molecule has 108 valence electrons. The molecule has 3 atom stereocenters. The van der Waals surface area contributed by atoms with E-state index in [1.807, 2.05) is 0 Å². The molecule has 0 radical (unpaired) electrons. The van der Waals surface area contributed by atoms with Crippen molar-refractivity contribution < 1.29 is 4.74 Å². The molecule has 1 saturated carbocycles. The van der Waals surface area contributed by atoms with Crippen molar-refractivity contribution in [1.29, 1.82) is 0 Å². The maximum absolute atomic E-state index is 6.33. The first-order valence-electron chi connectivity index (χ1n) is 7.71. The number of nitrogens with one attached hydrogen (secondary N) is 1. The van der Waals surface area contributed by atoms with Crippen LogP contribution in [0.3, 0.4) is 0 Å². The van der Waals surface area contributed by atoms with Crippen molar-refractivity contribution in [2.75, 3.05) is 6.54 Å². The van der Waals surface area contributed by atoms with Crippen LogP contribution in [0.2, 0.25) is 0 Å². The van der Waals surface area contributed by atoms with E-state index in [2.05, 4.69) is 46.9 Å². The van der Waals surface area contributed by atoms with Gasteiger partial charge in [0.15, 0.2) is 0 Å². The molecule has 0 aromatic carbocycles. The van der Waals surface area contributed by atoms with E-state index >= 15 is 0 Å². The molecule has 2 heteroatoms. The SMILES string of the molecule is CCC(CNC(C)C)OC1CC(C)CC(C)(C)C1. The van der Waals surface area contributed by atoms with Crippen LogP contribution < -0.4 is 5.32 Å². The molecule has 0 aromatic rings. The first kappa shape index (κ1) is 16.0. The number of hydrogen-bond acceptors (Lipinski definition) is 2. The molecule has 3 unspecified atom stereocenters. The van der Waals surface area contributed by atoms with E-state index in [0.717, 1.165) is 18.9 Å². The Balaban J connectivity index is 2.43. The van der Waals surface area contributed by atoms with Gasteiger partial charge in [-0.05, 0) is 37.0 Å². The van der Waals surface area contributed by atoms with Crippen molar-refractivity contribution in [2.24, 2.45) is 11.3 Å². The average molecular weight is 255 g/mol. The number of ether oxygens (including phenoxy) is 1. The zero-order chi connectivity index (χ0) is 13.8. The molecule has 1 fully saturated rings. The summed E-state index contributed by atoms with van der Waals surface area (Å²) in [5, 5.41) is 3.49. The molecule has 18 heavy (non-hydrogen) atoms. The van der Waals surface area contributed by atoms with Gasteiger partial charge in [-0.3, -0.25) is 0 Å². The Labute approximate surface area is 114 Å². The first-order valence-corrected chi connectivity index (χ1v) is 7.71. The summed E-state index contributed by atoms with van der Waals surface area (Å²) in [4.78, 5) is 0. The predicted octanol–water partition coefficient (Wildman–Crippen LogP) is 3.99. The monoisotopic (exact) mass is 255 g/mol. The van der Waals surface area contributed by atoms with Crippen LogP contribution in [0.4, 0.5) is 0 Å². The molecule has 0 heterocycles. The van der Waals surface area contributed by atoms with Crippen molar-refractivity contribution in [2.45, 2.75) is 85.5 Å². The third-order valence-electron chi connectivity index (χ3n) is 3.94. The zero-order valence-corrected chi connectivity index (χ0v) is 13.3. The van der Waals surface area contributed by atoms with Gasteiger partial charge in [-0.2, -0.15) is 0 Å². The lowest BCUT2D eigenvalue weighted by molar-refractivity contribution is -0.0657. The van der Waals surface area contributed by atoms with Gasteiger partial charge in [0.25, 0.3) is 0 Å². The summed E-state index contributed by atoms with van der Waals surface area (Å²) in [6, 6.07) is 0.546. The second kappa shape index (κ2) is 6.91. The van der Waals surface area contributed by atoms with Crippen LogP contribution in [0.15, 0.2) is 0 Å². The van der Waals surface area contributed by atoms with Crippen LogP contribution in [0.5, 0.6) is 0 Å². The second-order valence-corrected chi connectivity index (χ2v) is 7.26. The Kier molecular flexibility index (Phi) is 6.13. The standard InChI is InChI=1S/C16H33NO/c1-7-14(11-17-12(2)3)18-15-8-13(4)9-16(5,6)10-15/h12-15,17H,7-11H2,1-6H3. The van der Waals surface area contributed by atoms with Crippen LogP contribution in [0.1, 0.15) is 67.2 Å². The van der Waals surface area contributed by atoms with Crippen LogP contribution in [-0.4, -0.2) is 24.8 Å². The summed E-state index contributed by atoms with van der Waals surface area (Å²) in [6.07, 6.45) is 5.73. The fourth-order valence-electron chi connectivity index (χ4n) is 3.29. The van der Waals surface area contributed by atoms with E-state index in [1.54, 1.807) is 0 Å². The lowest BCUT2D eigenvalue weighted by Crippen LogP contribution is -2.39. The van der Waals surface area contributed by atoms with Crippen LogP contribution >= 0.6 is 0 Å². The maximum atomic E-state index is 6.33. The number of hydrogen-bond donors (Lipinski definition) is 1. The largest absolute Gasteiger partial charge is 0.374 e. The van der Waals surface area contributed by atoms with E-state index in [0.29, 0.717) is 23.7 Å². The van der Waals surface area contributed by atoms with E-state index in [-0.39, 0.29) is 0 Å². The van der Waals surface area contributed by atoms with Crippen molar-refractivity contribution >= 4 is 0 Å². The molecule has 0 saturated heterocycles. The molecule has 1 aliphatic carbocycles. The molecule has 0 amide bonds. The highest BCUT2D eigenvalue weighted by Gasteiger charge is 2.33. The van der Waals surface area contributed by atoms with Crippen molar-refractivity contribution in [3.63, 3.8) is 0 Å². The molecular weight excluding hydrogens is 222 g/mol. The van der Waals surface area contributed by atoms with E-state index < -0.39 is 0 Å². The van der Waals surface area contributed by atoms with Crippen LogP contribution in [0, 0.1) is 11.3 Å². The van der Waals surface area contributed by atoms with Gasteiger partial charge in [-0.15, -0.1) is 0 Å². The normalized spacial score (nSPS) is 29.5. The third-order valence-corrected chi connectivity index (χ3v) is 3.94. The molecule has 0 aromatic heterocycles. The summed E-state index contributed by atoms with van der Waals surface area (Å²) >= 11 is 0. The summed E-state index contributed by atoms with van der Waals surface area (Å²) in [5.41, 5.74) is 0.450. The van der Waals surface area contributed by atoms with Gasteiger partial charge in [0.05, 0.1) is 12.2 Å². The van der Waals surface area contributed by atoms with Gasteiger partial charge in [-0.1, -0.05) is 41.5 Å². The van der Waals surface area contributed by atoms with Gasteiger partial charge in [0.2, 0.25) is 0 Å². The third kappa shape index (κ3) is 5.71. The summed E-state index contributed by atoms with van der Waals surface area (Å²) in [7, 11) is 0. The highest BCUT2D eigenvalue weighted by molar-refractivity contribution is 4.84. The molecule has 1 aliphatic rings. The highest BCUT2D eigenvalue weighted by atomic mass is 16.5. The van der Waals surface area contributed by atoms with Crippen molar-refractivity contribution in [1.82, 2.24) is 5.32 Å².